The largest absolute Gasteiger partial charge is 0.207 e. The van der Waals surface area contributed by atoms with E-state index in [4.69, 9.17) is 23.2 Å². The molecule has 0 saturated carbocycles. The van der Waals surface area contributed by atoms with E-state index >= 15 is 0 Å². The molecule has 0 aromatic heterocycles. The molecule has 0 atom stereocenters. The number of benzene rings is 1. The van der Waals surface area contributed by atoms with E-state index in [1.807, 2.05) is 0 Å². The smallest absolute Gasteiger partial charge is 0.123 e. The van der Waals surface area contributed by atoms with E-state index in [0.717, 1.165) is 16.5 Å². The molecule has 0 heterocycles. The Hall–Kier alpha value is 0.210. The van der Waals surface area contributed by atoms with Gasteiger partial charge in [-0.1, -0.05) is 29.8 Å². The molecule has 0 aliphatic rings. The lowest BCUT2D eigenvalue weighted by Gasteiger charge is -2.32. The summed E-state index contributed by atoms with van der Waals surface area (Å²) in [5.74, 6) is 1.25. The third-order valence-electron chi connectivity index (χ3n) is 2.98. The minimum atomic E-state index is -0.226. The summed E-state index contributed by atoms with van der Waals surface area (Å²) in [6.07, 6.45) is 1.62. The lowest BCUT2D eigenvalue weighted by Crippen LogP contribution is -2.30. The highest BCUT2D eigenvalue weighted by Gasteiger charge is 2.30. The fourth-order valence-electron chi connectivity index (χ4n) is 2.26. The number of hydrogen-bond donors (Lipinski definition) is 0. The highest BCUT2D eigenvalue weighted by atomic mass is 79.9. The molecule has 1 aromatic rings. The molecule has 0 aliphatic carbocycles. The van der Waals surface area contributed by atoms with Crippen LogP contribution in [0.15, 0.2) is 22.7 Å². The number of rotatable bonds is 6. The first-order chi connectivity index (χ1) is 8.42. The zero-order chi connectivity index (χ0) is 13.8. The number of hydrogen-bond acceptors (Lipinski definition) is 0. The molecule has 0 fully saturated rings. The Morgan fingerprint density at radius 3 is 2.39 bits per heavy atom. The van der Waals surface area contributed by atoms with Crippen LogP contribution in [-0.2, 0) is 6.42 Å². The number of alkyl halides is 2. The monoisotopic (exact) mass is 354 g/mol. The van der Waals surface area contributed by atoms with Gasteiger partial charge >= 0.3 is 0 Å². The van der Waals surface area contributed by atoms with Crippen LogP contribution >= 0.6 is 39.1 Å². The van der Waals surface area contributed by atoms with Crippen LogP contribution in [0.3, 0.4) is 0 Å². The molecule has 0 unspecified atom stereocenters. The first-order valence-electron chi connectivity index (χ1n) is 5.98. The Kier molecular flexibility index (Phi) is 6.43. The topological polar surface area (TPSA) is 0 Å². The molecular weight excluding hydrogens is 338 g/mol. The molecule has 0 aliphatic heterocycles. The van der Waals surface area contributed by atoms with Gasteiger partial charge in [0.25, 0.3) is 0 Å². The van der Waals surface area contributed by atoms with Gasteiger partial charge in [-0.05, 0) is 42.5 Å². The molecule has 0 saturated heterocycles. The van der Waals surface area contributed by atoms with Crippen LogP contribution in [0, 0.1) is 17.2 Å². The minimum absolute atomic E-state index is 0.173. The van der Waals surface area contributed by atoms with E-state index in [-0.39, 0.29) is 11.2 Å². The van der Waals surface area contributed by atoms with Gasteiger partial charge in [-0.25, -0.2) is 4.39 Å². The Morgan fingerprint density at radius 2 is 1.89 bits per heavy atom. The fourth-order valence-corrected chi connectivity index (χ4v) is 3.34. The first-order valence-corrected chi connectivity index (χ1v) is 7.84. The first kappa shape index (κ1) is 16.3. The fraction of sp³-hybridized carbons (Fsp3) is 0.571. The third-order valence-corrected chi connectivity index (χ3v) is 4.89. The van der Waals surface area contributed by atoms with E-state index in [1.165, 1.54) is 6.07 Å². The molecule has 1 aromatic carbocycles. The van der Waals surface area contributed by atoms with Crippen molar-refractivity contribution in [2.75, 3.05) is 11.8 Å². The van der Waals surface area contributed by atoms with Gasteiger partial charge in [-0.2, -0.15) is 0 Å². The summed E-state index contributed by atoms with van der Waals surface area (Å²) < 4.78 is 14.2. The van der Waals surface area contributed by atoms with Gasteiger partial charge in [0.1, 0.15) is 5.82 Å². The Bertz CT molecular complexity index is 389. The van der Waals surface area contributed by atoms with Gasteiger partial charge in [0, 0.05) is 21.6 Å². The molecular formula is C14H18BrCl2F. The van der Waals surface area contributed by atoms with Crippen LogP contribution in [0.25, 0.3) is 0 Å². The van der Waals surface area contributed by atoms with Crippen LogP contribution < -0.4 is 0 Å². The SMILES string of the molecule is CC(C)CC(CCl)(CCl)Cc1cc(F)ccc1Br. The zero-order valence-corrected chi connectivity index (χ0v) is 13.7. The second-order valence-corrected chi connectivity index (χ2v) is 6.67. The Morgan fingerprint density at radius 1 is 1.28 bits per heavy atom. The van der Waals surface area contributed by atoms with Crippen molar-refractivity contribution in [3.8, 4) is 0 Å². The molecule has 18 heavy (non-hydrogen) atoms. The maximum absolute atomic E-state index is 13.3. The normalized spacial score (nSPS) is 12.2. The quantitative estimate of drug-likeness (QED) is 0.579. The molecule has 0 nitrogen and oxygen atoms in total. The van der Waals surface area contributed by atoms with Crippen molar-refractivity contribution >= 4 is 39.1 Å². The summed E-state index contributed by atoms with van der Waals surface area (Å²) in [6.45, 7) is 4.29. The van der Waals surface area contributed by atoms with Gasteiger partial charge < -0.3 is 0 Å². The van der Waals surface area contributed by atoms with Crippen molar-refractivity contribution in [2.45, 2.75) is 26.7 Å². The lowest BCUT2D eigenvalue weighted by atomic mass is 9.78. The van der Waals surface area contributed by atoms with Crippen LogP contribution in [0.5, 0.6) is 0 Å². The predicted octanol–water partition coefficient (Wildman–Crippen LogP) is 5.64. The van der Waals surface area contributed by atoms with E-state index in [9.17, 15) is 4.39 Å². The molecule has 102 valence electrons. The van der Waals surface area contributed by atoms with Crippen molar-refractivity contribution in [1.82, 2.24) is 0 Å². The molecule has 0 amide bonds. The highest BCUT2D eigenvalue weighted by molar-refractivity contribution is 9.10. The molecule has 1 rings (SSSR count). The lowest BCUT2D eigenvalue weighted by molar-refractivity contribution is 0.295. The summed E-state index contributed by atoms with van der Waals surface area (Å²) in [5, 5.41) is 0. The second kappa shape index (κ2) is 7.12. The molecule has 4 heteroatoms. The average molecular weight is 356 g/mol. The van der Waals surface area contributed by atoms with Gasteiger partial charge in [-0.15, -0.1) is 23.2 Å². The van der Waals surface area contributed by atoms with Crippen molar-refractivity contribution in [3.05, 3.63) is 34.1 Å². The Balaban J connectivity index is 2.98. The van der Waals surface area contributed by atoms with E-state index in [2.05, 4.69) is 29.8 Å². The molecule has 0 bridgehead atoms. The molecule has 0 spiro atoms. The summed E-state index contributed by atoms with van der Waals surface area (Å²) in [4.78, 5) is 0. The summed E-state index contributed by atoms with van der Waals surface area (Å²) in [6, 6.07) is 4.73. The standard InChI is InChI=1S/C14H18BrCl2F/c1-10(2)6-14(8-16,9-17)7-11-5-12(18)3-4-13(11)15/h3-5,10H,6-9H2,1-2H3. The molecule has 0 N–H and O–H groups in total. The number of halogens is 4. The van der Waals surface area contributed by atoms with Crippen molar-refractivity contribution < 1.29 is 4.39 Å². The van der Waals surface area contributed by atoms with Crippen LogP contribution in [-0.4, -0.2) is 11.8 Å². The van der Waals surface area contributed by atoms with E-state index in [1.54, 1.807) is 12.1 Å². The summed E-state index contributed by atoms with van der Waals surface area (Å²) >= 11 is 15.7. The van der Waals surface area contributed by atoms with Crippen LogP contribution in [0.1, 0.15) is 25.8 Å². The van der Waals surface area contributed by atoms with Crippen molar-refractivity contribution in [2.24, 2.45) is 11.3 Å². The maximum atomic E-state index is 13.3. The van der Waals surface area contributed by atoms with Crippen LogP contribution in [0.4, 0.5) is 4.39 Å². The zero-order valence-electron chi connectivity index (χ0n) is 10.6. The van der Waals surface area contributed by atoms with E-state index < -0.39 is 0 Å². The average Bonchev–Trinajstić information content (AvgIpc) is 2.32. The van der Waals surface area contributed by atoms with Gasteiger partial charge in [-0.3, -0.25) is 0 Å². The van der Waals surface area contributed by atoms with Crippen molar-refractivity contribution in [1.29, 1.82) is 0 Å². The predicted molar refractivity (Wildman–Crippen MR) is 81.1 cm³/mol. The van der Waals surface area contributed by atoms with Gasteiger partial charge in [0.05, 0.1) is 0 Å². The van der Waals surface area contributed by atoms with Crippen molar-refractivity contribution in [3.63, 3.8) is 0 Å². The minimum Gasteiger partial charge on any atom is -0.207 e. The maximum Gasteiger partial charge on any atom is 0.123 e. The summed E-state index contributed by atoms with van der Waals surface area (Å²) in [7, 11) is 0. The van der Waals surface area contributed by atoms with Crippen LogP contribution in [0.2, 0.25) is 0 Å². The summed E-state index contributed by atoms with van der Waals surface area (Å²) in [5.41, 5.74) is 0.755. The van der Waals surface area contributed by atoms with Gasteiger partial charge in [0.2, 0.25) is 0 Å². The Labute approximate surface area is 127 Å². The highest BCUT2D eigenvalue weighted by Crippen LogP contribution is 2.35. The third kappa shape index (κ3) is 4.40. The van der Waals surface area contributed by atoms with E-state index in [0.29, 0.717) is 24.1 Å². The molecule has 0 radical (unpaired) electrons. The second-order valence-electron chi connectivity index (χ2n) is 5.28. The van der Waals surface area contributed by atoms with Gasteiger partial charge in [0.15, 0.2) is 0 Å².